The van der Waals surface area contributed by atoms with Crippen LogP contribution in [0.3, 0.4) is 0 Å². The van der Waals surface area contributed by atoms with Crippen LogP contribution in [0.1, 0.15) is 51.8 Å². The number of carbonyl (C=O) groups is 2. The fourth-order valence-electron chi connectivity index (χ4n) is 2.97. The summed E-state index contributed by atoms with van der Waals surface area (Å²) >= 11 is 1.20. The number of benzene rings is 1. The molecule has 28 heavy (non-hydrogen) atoms. The molecule has 0 atom stereocenters. The molecule has 3 aromatic rings. The average Bonchev–Trinajstić information content (AvgIpc) is 3.01. The van der Waals surface area contributed by atoms with Crippen molar-refractivity contribution >= 4 is 39.1 Å². The number of nitrogens with two attached hydrogens (primary N) is 1. The summed E-state index contributed by atoms with van der Waals surface area (Å²) in [5.41, 5.74) is 6.65. The molecule has 3 N–H and O–H groups in total. The summed E-state index contributed by atoms with van der Waals surface area (Å²) in [5.74, 6) is -0.844. The van der Waals surface area contributed by atoms with E-state index in [0.717, 1.165) is 19.3 Å². The van der Waals surface area contributed by atoms with Crippen molar-refractivity contribution in [2.45, 2.75) is 39.7 Å². The Labute approximate surface area is 166 Å². The largest absolute Gasteiger partial charge is 0.366 e. The maximum Gasteiger partial charge on any atom is 0.266 e. The summed E-state index contributed by atoms with van der Waals surface area (Å²) in [4.78, 5) is 42.0. The summed E-state index contributed by atoms with van der Waals surface area (Å²) in [5, 5.41) is 3.28. The molecule has 7 nitrogen and oxygen atoms in total. The molecule has 0 radical (unpaired) electrons. The molecule has 1 aromatic carbocycles. The van der Waals surface area contributed by atoms with E-state index >= 15 is 0 Å². The van der Waals surface area contributed by atoms with Gasteiger partial charge in [0.2, 0.25) is 5.91 Å². The lowest BCUT2D eigenvalue weighted by molar-refractivity contribution is 0.0998. The number of unbranched alkanes of at least 4 members (excludes halogenated alkanes) is 2. The van der Waals surface area contributed by atoms with Gasteiger partial charge in [-0.05, 0) is 43.2 Å². The molecule has 2 amide bonds. The van der Waals surface area contributed by atoms with Gasteiger partial charge in [0, 0.05) is 17.8 Å². The third kappa shape index (κ3) is 3.96. The van der Waals surface area contributed by atoms with Gasteiger partial charge >= 0.3 is 0 Å². The quantitative estimate of drug-likeness (QED) is 0.595. The van der Waals surface area contributed by atoms with E-state index in [4.69, 9.17) is 5.73 Å². The Morgan fingerprint density at radius 3 is 2.57 bits per heavy atom. The van der Waals surface area contributed by atoms with Crippen molar-refractivity contribution in [2.24, 2.45) is 5.73 Å². The van der Waals surface area contributed by atoms with Crippen LogP contribution < -0.4 is 16.6 Å². The number of primary amides is 1. The van der Waals surface area contributed by atoms with Gasteiger partial charge in [-0.3, -0.25) is 19.0 Å². The SMILES string of the molecule is CCCCCn1cnc2sc(C(=O)Nc3ccc(C(N)=O)cc3)c(C)c2c1=O. The van der Waals surface area contributed by atoms with Gasteiger partial charge < -0.3 is 11.1 Å². The van der Waals surface area contributed by atoms with E-state index in [1.54, 1.807) is 42.1 Å². The van der Waals surface area contributed by atoms with Crippen molar-refractivity contribution in [2.75, 3.05) is 5.32 Å². The number of nitrogens with zero attached hydrogens (tertiary/aromatic N) is 2. The molecule has 0 unspecified atom stereocenters. The molecule has 3 rings (SSSR count). The van der Waals surface area contributed by atoms with Crippen molar-refractivity contribution in [1.82, 2.24) is 9.55 Å². The van der Waals surface area contributed by atoms with Gasteiger partial charge in [0.05, 0.1) is 16.6 Å². The molecule has 0 aliphatic rings. The number of carbonyl (C=O) groups excluding carboxylic acids is 2. The van der Waals surface area contributed by atoms with E-state index < -0.39 is 5.91 Å². The summed E-state index contributed by atoms with van der Waals surface area (Å²) in [6.45, 7) is 4.50. The minimum Gasteiger partial charge on any atom is -0.366 e. The lowest BCUT2D eigenvalue weighted by Crippen LogP contribution is -2.20. The van der Waals surface area contributed by atoms with E-state index in [2.05, 4.69) is 17.2 Å². The zero-order valence-electron chi connectivity index (χ0n) is 15.8. The summed E-state index contributed by atoms with van der Waals surface area (Å²) < 4.78 is 1.61. The second-order valence-corrected chi connectivity index (χ2v) is 7.58. The molecular weight excluding hydrogens is 376 g/mol. The number of amides is 2. The van der Waals surface area contributed by atoms with Gasteiger partial charge in [-0.25, -0.2) is 4.98 Å². The first-order valence-corrected chi connectivity index (χ1v) is 9.93. The molecule has 0 saturated carbocycles. The van der Waals surface area contributed by atoms with Gasteiger partial charge in [-0.1, -0.05) is 19.8 Å². The molecule has 8 heteroatoms. The summed E-state index contributed by atoms with van der Waals surface area (Å²) in [7, 11) is 0. The molecule has 0 aliphatic heterocycles. The number of hydrogen-bond donors (Lipinski definition) is 2. The van der Waals surface area contributed by atoms with Crippen LogP contribution in [-0.4, -0.2) is 21.4 Å². The highest BCUT2D eigenvalue weighted by Gasteiger charge is 2.19. The van der Waals surface area contributed by atoms with E-state index in [1.165, 1.54) is 11.3 Å². The first kappa shape index (κ1) is 19.8. The second kappa shape index (κ2) is 8.35. The predicted octanol–water partition coefficient (Wildman–Crippen LogP) is 3.31. The Morgan fingerprint density at radius 1 is 1.21 bits per heavy atom. The predicted molar refractivity (Wildman–Crippen MR) is 111 cm³/mol. The highest BCUT2D eigenvalue weighted by Crippen LogP contribution is 2.27. The zero-order valence-corrected chi connectivity index (χ0v) is 16.6. The van der Waals surface area contributed by atoms with Gasteiger partial charge in [0.25, 0.3) is 11.5 Å². The third-order valence-corrected chi connectivity index (χ3v) is 5.75. The average molecular weight is 398 g/mol. The van der Waals surface area contributed by atoms with Crippen LogP contribution in [-0.2, 0) is 6.54 Å². The summed E-state index contributed by atoms with van der Waals surface area (Å²) in [6.07, 6.45) is 4.60. The molecule has 0 bridgehead atoms. The highest BCUT2D eigenvalue weighted by atomic mass is 32.1. The molecule has 0 aliphatic carbocycles. The van der Waals surface area contributed by atoms with Crippen LogP contribution in [0.5, 0.6) is 0 Å². The first-order valence-electron chi connectivity index (χ1n) is 9.12. The Balaban J connectivity index is 1.87. The number of fused-ring (bicyclic) bond motifs is 1. The van der Waals surface area contributed by atoms with Crippen LogP contribution in [0.15, 0.2) is 35.4 Å². The standard InChI is InChI=1S/C20H22N4O3S/c1-3-4-5-10-24-11-22-19-15(20(24)27)12(2)16(28-19)18(26)23-14-8-6-13(7-9-14)17(21)25/h6-9,11H,3-5,10H2,1-2H3,(H2,21,25)(H,23,26). The van der Waals surface area contributed by atoms with Crippen LogP contribution in [0.25, 0.3) is 10.2 Å². The van der Waals surface area contributed by atoms with Crippen LogP contribution in [0, 0.1) is 6.92 Å². The molecule has 146 valence electrons. The zero-order chi connectivity index (χ0) is 20.3. The normalized spacial score (nSPS) is 10.9. The Morgan fingerprint density at radius 2 is 1.93 bits per heavy atom. The van der Waals surface area contributed by atoms with E-state index in [1.807, 2.05) is 0 Å². The maximum absolute atomic E-state index is 12.8. The molecule has 0 saturated heterocycles. The fourth-order valence-corrected chi connectivity index (χ4v) is 4.01. The van der Waals surface area contributed by atoms with Crippen molar-refractivity contribution in [3.63, 3.8) is 0 Å². The highest BCUT2D eigenvalue weighted by molar-refractivity contribution is 7.20. The van der Waals surface area contributed by atoms with Crippen molar-refractivity contribution in [1.29, 1.82) is 0 Å². The minimum absolute atomic E-state index is 0.111. The van der Waals surface area contributed by atoms with Crippen molar-refractivity contribution in [3.05, 3.63) is 57.0 Å². The topological polar surface area (TPSA) is 107 Å². The third-order valence-electron chi connectivity index (χ3n) is 4.55. The number of hydrogen-bond acceptors (Lipinski definition) is 5. The van der Waals surface area contributed by atoms with Crippen LogP contribution >= 0.6 is 11.3 Å². The number of rotatable bonds is 7. The molecule has 0 fully saturated rings. The Kier molecular flexibility index (Phi) is 5.89. The molecule has 2 heterocycles. The number of nitrogens with one attached hydrogen (secondary N) is 1. The van der Waals surface area contributed by atoms with Gasteiger partial charge in [0.15, 0.2) is 0 Å². The smallest absolute Gasteiger partial charge is 0.266 e. The maximum atomic E-state index is 12.8. The monoisotopic (exact) mass is 398 g/mol. The van der Waals surface area contributed by atoms with Crippen molar-refractivity contribution < 1.29 is 9.59 Å². The molecular formula is C20H22N4O3S. The van der Waals surface area contributed by atoms with E-state index in [9.17, 15) is 14.4 Å². The number of thiophene rings is 1. The van der Waals surface area contributed by atoms with Crippen LogP contribution in [0.2, 0.25) is 0 Å². The minimum atomic E-state index is -0.528. The number of anilines is 1. The first-order chi connectivity index (χ1) is 13.4. The number of aromatic nitrogens is 2. The van der Waals surface area contributed by atoms with Crippen molar-refractivity contribution in [3.8, 4) is 0 Å². The lowest BCUT2D eigenvalue weighted by Gasteiger charge is -2.05. The van der Waals surface area contributed by atoms with Gasteiger partial charge in [-0.15, -0.1) is 11.3 Å². The molecule has 2 aromatic heterocycles. The Bertz CT molecular complexity index is 1080. The summed E-state index contributed by atoms with van der Waals surface area (Å²) in [6, 6.07) is 6.32. The number of aryl methyl sites for hydroxylation is 2. The molecule has 0 spiro atoms. The lowest BCUT2D eigenvalue weighted by atomic mass is 10.2. The second-order valence-electron chi connectivity index (χ2n) is 6.58. The van der Waals surface area contributed by atoms with Gasteiger partial charge in [0.1, 0.15) is 4.83 Å². The van der Waals surface area contributed by atoms with E-state index in [0.29, 0.717) is 38.5 Å². The van der Waals surface area contributed by atoms with E-state index in [-0.39, 0.29) is 11.5 Å². The fraction of sp³-hybridized carbons (Fsp3) is 0.300. The van der Waals surface area contributed by atoms with Gasteiger partial charge in [-0.2, -0.15) is 0 Å². The Hall–Kier alpha value is -3.00. The van der Waals surface area contributed by atoms with Crippen LogP contribution in [0.4, 0.5) is 5.69 Å².